The summed E-state index contributed by atoms with van der Waals surface area (Å²) >= 11 is 1.31. The van der Waals surface area contributed by atoms with Crippen molar-refractivity contribution in [3.8, 4) is 5.75 Å². The van der Waals surface area contributed by atoms with E-state index in [2.05, 4.69) is 10.6 Å². The molecule has 0 spiro atoms. The smallest absolute Gasteiger partial charge is 0.262 e. The summed E-state index contributed by atoms with van der Waals surface area (Å²) in [6.07, 6.45) is 0.933. The van der Waals surface area contributed by atoms with Crippen LogP contribution in [0.5, 0.6) is 5.75 Å². The van der Waals surface area contributed by atoms with Crippen LogP contribution in [0.3, 0.4) is 0 Å². The van der Waals surface area contributed by atoms with Crippen molar-refractivity contribution in [1.29, 1.82) is 0 Å². The van der Waals surface area contributed by atoms with Crippen LogP contribution in [0, 0.1) is 11.8 Å². The van der Waals surface area contributed by atoms with Gasteiger partial charge in [0.15, 0.2) is 0 Å². The Labute approximate surface area is 205 Å². The van der Waals surface area contributed by atoms with Gasteiger partial charge in [-0.25, -0.2) is 8.42 Å². The second kappa shape index (κ2) is 11.3. The fraction of sp³-hybridized carbons (Fsp3) is 0.500. The molecule has 0 aliphatic carbocycles. The molecule has 34 heavy (non-hydrogen) atoms. The second-order valence-corrected chi connectivity index (χ2v) is 11.8. The predicted molar refractivity (Wildman–Crippen MR) is 132 cm³/mol. The summed E-state index contributed by atoms with van der Waals surface area (Å²) in [7, 11) is -2.13. The van der Waals surface area contributed by atoms with Crippen molar-refractivity contribution in [2.24, 2.45) is 11.8 Å². The fourth-order valence-corrected chi connectivity index (χ4v) is 5.94. The lowest BCUT2D eigenvalue weighted by Crippen LogP contribution is -2.55. The van der Waals surface area contributed by atoms with Crippen molar-refractivity contribution in [2.45, 2.75) is 50.6 Å². The summed E-state index contributed by atoms with van der Waals surface area (Å²) < 4.78 is 32.7. The van der Waals surface area contributed by atoms with Crippen molar-refractivity contribution in [1.82, 2.24) is 14.9 Å². The van der Waals surface area contributed by atoms with Gasteiger partial charge in [-0.2, -0.15) is 4.31 Å². The first-order chi connectivity index (χ1) is 16.1. The van der Waals surface area contributed by atoms with Crippen LogP contribution in [0.25, 0.3) is 0 Å². The highest BCUT2D eigenvalue weighted by molar-refractivity contribution is 7.89. The van der Waals surface area contributed by atoms with Gasteiger partial charge in [0.05, 0.1) is 16.9 Å². The number of nitrogens with zero attached hydrogens (tertiary/aromatic N) is 1. The maximum Gasteiger partial charge on any atom is 0.262 e. The molecule has 0 bridgehead atoms. The number of rotatable bonds is 9. The average molecular weight is 508 g/mol. The molecule has 10 heteroatoms. The van der Waals surface area contributed by atoms with Crippen molar-refractivity contribution in [3.63, 3.8) is 0 Å². The van der Waals surface area contributed by atoms with Crippen LogP contribution < -0.4 is 15.4 Å². The van der Waals surface area contributed by atoms with Crippen molar-refractivity contribution < 1.29 is 22.7 Å². The molecule has 186 valence electrons. The van der Waals surface area contributed by atoms with E-state index < -0.39 is 16.1 Å². The number of piperidine rings is 1. The Bertz CT molecular complexity index is 1060. The second-order valence-electron chi connectivity index (χ2n) is 8.89. The van der Waals surface area contributed by atoms with Crippen molar-refractivity contribution in [2.75, 3.05) is 20.2 Å². The highest BCUT2D eigenvalue weighted by Crippen LogP contribution is 2.27. The van der Waals surface area contributed by atoms with Crippen molar-refractivity contribution in [3.05, 3.63) is 46.7 Å². The molecule has 3 rings (SSSR count). The van der Waals surface area contributed by atoms with Gasteiger partial charge in [-0.05, 0) is 67.3 Å². The minimum Gasteiger partial charge on any atom is -0.497 e. The van der Waals surface area contributed by atoms with E-state index in [1.54, 1.807) is 24.3 Å². The largest absolute Gasteiger partial charge is 0.497 e. The number of carbonyl (C=O) groups excluding carboxylic acids is 2. The molecule has 1 aliphatic rings. The number of methoxy groups -OCH3 is 1. The van der Waals surface area contributed by atoms with Crippen LogP contribution in [0.15, 0.2) is 46.7 Å². The molecule has 2 heterocycles. The lowest BCUT2D eigenvalue weighted by atomic mass is 9.89. The summed E-state index contributed by atoms with van der Waals surface area (Å²) in [6.45, 7) is 6.53. The lowest BCUT2D eigenvalue weighted by Gasteiger charge is -2.35. The number of ether oxygens (including phenoxy) is 1. The van der Waals surface area contributed by atoms with Crippen LogP contribution >= 0.6 is 11.3 Å². The molecule has 2 unspecified atom stereocenters. The Morgan fingerprint density at radius 1 is 1.06 bits per heavy atom. The maximum absolute atomic E-state index is 13.2. The van der Waals surface area contributed by atoms with Crippen LogP contribution in [0.2, 0.25) is 0 Å². The SMILES string of the molecule is COc1ccc(S(=O)(=O)N2CCC(C(NC(=O)c3cccs3)C(=O)NC(C)C(C)C)CC2)cc1. The highest BCUT2D eigenvalue weighted by atomic mass is 32.2. The number of nitrogens with one attached hydrogen (secondary N) is 2. The Morgan fingerprint density at radius 2 is 1.71 bits per heavy atom. The number of carbonyl (C=O) groups is 2. The molecule has 2 amide bonds. The standard InChI is InChI=1S/C24H33N3O5S2/c1-16(2)17(3)25-24(29)22(26-23(28)21-6-5-15-33-21)18-11-13-27(14-12-18)34(30,31)20-9-7-19(32-4)8-10-20/h5-10,15-18,22H,11-14H2,1-4H3,(H,25,29)(H,26,28). The highest BCUT2D eigenvalue weighted by Gasteiger charge is 2.37. The predicted octanol–water partition coefficient (Wildman–Crippen LogP) is 3.12. The van der Waals surface area contributed by atoms with Gasteiger partial charge in [-0.3, -0.25) is 9.59 Å². The zero-order valence-electron chi connectivity index (χ0n) is 20.0. The molecule has 1 aliphatic heterocycles. The zero-order chi connectivity index (χ0) is 24.9. The van der Waals surface area contributed by atoms with Gasteiger partial charge < -0.3 is 15.4 Å². The Kier molecular flexibility index (Phi) is 8.72. The summed E-state index contributed by atoms with van der Waals surface area (Å²) in [5.41, 5.74) is 0. The number of hydrogen-bond donors (Lipinski definition) is 2. The number of benzene rings is 1. The molecule has 1 aromatic heterocycles. The van der Waals surface area contributed by atoms with Crippen LogP contribution in [0.4, 0.5) is 0 Å². The fourth-order valence-electron chi connectivity index (χ4n) is 3.84. The van der Waals surface area contributed by atoms with Gasteiger partial charge in [0.1, 0.15) is 11.8 Å². The first kappa shape index (κ1) is 26.2. The molecule has 2 N–H and O–H groups in total. The summed E-state index contributed by atoms with van der Waals surface area (Å²) in [6, 6.07) is 9.03. The third kappa shape index (κ3) is 6.17. The zero-order valence-corrected chi connectivity index (χ0v) is 21.6. The van der Waals surface area contributed by atoms with E-state index in [0.29, 0.717) is 23.5 Å². The van der Waals surface area contributed by atoms with Crippen molar-refractivity contribution >= 4 is 33.2 Å². The molecule has 2 aromatic rings. The first-order valence-electron chi connectivity index (χ1n) is 11.4. The topological polar surface area (TPSA) is 105 Å². The average Bonchev–Trinajstić information content (AvgIpc) is 3.37. The number of thiophene rings is 1. The molecule has 0 radical (unpaired) electrons. The van der Waals surface area contributed by atoms with Crippen LogP contribution in [-0.2, 0) is 14.8 Å². The minimum atomic E-state index is -3.65. The maximum atomic E-state index is 13.2. The summed E-state index contributed by atoms with van der Waals surface area (Å²) in [5, 5.41) is 7.73. The molecule has 1 aromatic carbocycles. The normalized spacial score (nSPS) is 17.2. The van der Waals surface area contributed by atoms with Gasteiger partial charge in [0.25, 0.3) is 5.91 Å². The first-order valence-corrected chi connectivity index (χ1v) is 13.7. The number of amides is 2. The van der Waals surface area contributed by atoms with E-state index >= 15 is 0 Å². The number of sulfonamides is 1. The molecule has 0 saturated carbocycles. The quantitative estimate of drug-likeness (QED) is 0.543. The summed E-state index contributed by atoms with van der Waals surface area (Å²) in [4.78, 5) is 26.6. The van der Waals surface area contributed by atoms with Gasteiger partial charge >= 0.3 is 0 Å². The van der Waals surface area contributed by atoms with E-state index in [-0.39, 0.29) is 47.7 Å². The van der Waals surface area contributed by atoms with Gasteiger partial charge in [-0.1, -0.05) is 19.9 Å². The molecule has 2 atom stereocenters. The Balaban J connectivity index is 1.72. The monoisotopic (exact) mass is 507 g/mol. The lowest BCUT2D eigenvalue weighted by molar-refractivity contribution is -0.125. The van der Waals surface area contributed by atoms with E-state index in [9.17, 15) is 18.0 Å². The van der Waals surface area contributed by atoms with E-state index in [1.165, 1.54) is 34.9 Å². The molecule has 8 nitrogen and oxygen atoms in total. The Hall–Kier alpha value is -2.43. The molecular weight excluding hydrogens is 474 g/mol. The number of hydrogen-bond acceptors (Lipinski definition) is 6. The van der Waals surface area contributed by atoms with Gasteiger partial charge in [-0.15, -0.1) is 11.3 Å². The minimum absolute atomic E-state index is 0.0517. The van der Waals surface area contributed by atoms with E-state index in [4.69, 9.17) is 4.74 Å². The molecule has 1 saturated heterocycles. The third-order valence-corrected chi connectivity index (χ3v) is 9.13. The van der Waals surface area contributed by atoms with Gasteiger partial charge in [0.2, 0.25) is 15.9 Å². The molecular formula is C24H33N3O5S2. The van der Waals surface area contributed by atoms with Crippen LogP contribution in [-0.4, -0.2) is 56.8 Å². The molecule has 1 fully saturated rings. The van der Waals surface area contributed by atoms with Gasteiger partial charge in [0, 0.05) is 19.1 Å². The van der Waals surface area contributed by atoms with E-state index in [1.807, 2.05) is 26.2 Å². The Morgan fingerprint density at radius 3 is 2.24 bits per heavy atom. The third-order valence-electron chi connectivity index (χ3n) is 6.35. The summed E-state index contributed by atoms with van der Waals surface area (Å²) in [5.74, 6) is 0.131. The van der Waals surface area contributed by atoms with E-state index in [0.717, 1.165) is 0 Å². The van der Waals surface area contributed by atoms with Crippen LogP contribution in [0.1, 0.15) is 43.3 Å².